The number of quaternary nitrogens is 1. The van der Waals surface area contributed by atoms with Gasteiger partial charge in [0.15, 0.2) is 0 Å². The fourth-order valence-electron chi connectivity index (χ4n) is 2.88. The van der Waals surface area contributed by atoms with Crippen molar-refractivity contribution in [2.24, 2.45) is 0 Å². The van der Waals surface area contributed by atoms with Gasteiger partial charge in [-0.05, 0) is 13.3 Å². The summed E-state index contributed by atoms with van der Waals surface area (Å²) < 4.78 is -0.943. The molecule has 96 valence electrons. The Morgan fingerprint density at radius 2 is 2.22 bits per heavy atom. The second-order valence-electron chi connectivity index (χ2n) is 5.23. The lowest BCUT2D eigenvalue weighted by Crippen LogP contribution is -2.51. The molecule has 2 heterocycles. The highest BCUT2D eigenvalue weighted by Crippen LogP contribution is 2.36. The fraction of sp³-hybridized carbons (Fsp3) is 0.462. The molecule has 5 heteroatoms. The van der Waals surface area contributed by atoms with Crippen LogP contribution in [-0.2, 0) is 4.79 Å². The van der Waals surface area contributed by atoms with E-state index in [9.17, 15) is 10.0 Å². The van der Waals surface area contributed by atoms with Crippen molar-refractivity contribution in [1.29, 1.82) is 0 Å². The molecule has 0 radical (unpaired) electrons. The molecule has 0 spiro atoms. The predicted octanol–water partition coefficient (Wildman–Crippen LogP) is 0.520. The minimum atomic E-state index is -0.943. The van der Waals surface area contributed by atoms with Crippen molar-refractivity contribution < 1.29 is 9.44 Å². The smallest absolute Gasteiger partial charge is 0.350 e. The minimum absolute atomic E-state index is 0.249. The van der Waals surface area contributed by atoms with Gasteiger partial charge in [-0.1, -0.05) is 5.57 Å². The Bertz CT molecular complexity index is 514. The summed E-state index contributed by atoms with van der Waals surface area (Å²) >= 11 is 0. The molecule has 1 fully saturated rings. The summed E-state index contributed by atoms with van der Waals surface area (Å²) in [6.45, 7) is 3.73. The molecule has 3 rings (SSSR count). The van der Waals surface area contributed by atoms with Crippen LogP contribution in [0.25, 0.3) is 0 Å². The number of fused-ring (bicyclic) bond motifs is 2. The average molecular weight is 247 g/mol. The fourth-order valence-corrected chi connectivity index (χ4v) is 2.88. The number of hydrogen-bond donors (Lipinski definition) is 2. The van der Waals surface area contributed by atoms with E-state index in [1.807, 2.05) is 6.92 Å². The molecule has 2 aliphatic heterocycles. The van der Waals surface area contributed by atoms with E-state index in [0.717, 1.165) is 36.4 Å². The van der Waals surface area contributed by atoms with Crippen LogP contribution in [0.3, 0.4) is 0 Å². The molecule has 18 heavy (non-hydrogen) atoms. The van der Waals surface area contributed by atoms with Gasteiger partial charge in [-0.3, -0.25) is 4.65 Å². The number of nitrogens with one attached hydrogen (secondary N) is 2. The van der Waals surface area contributed by atoms with Crippen molar-refractivity contribution in [3.8, 4) is 0 Å². The molecule has 0 aromatic carbocycles. The molecular weight excluding hydrogens is 230 g/mol. The van der Waals surface area contributed by atoms with Crippen LogP contribution in [0.1, 0.15) is 13.3 Å². The van der Waals surface area contributed by atoms with E-state index in [0.29, 0.717) is 5.57 Å². The lowest BCUT2D eigenvalue weighted by molar-refractivity contribution is -0.724. The van der Waals surface area contributed by atoms with Gasteiger partial charge < -0.3 is 15.8 Å². The highest BCUT2D eigenvalue weighted by Gasteiger charge is 2.38. The van der Waals surface area contributed by atoms with Gasteiger partial charge in [-0.2, -0.15) is 0 Å². The Kier molecular flexibility index (Phi) is 2.45. The average Bonchev–Trinajstić information content (AvgIpc) is 2.33. The number of carbonyl (C=O) groups excluding carboxylic acids is 1. The maximum Gasteiger partial charge on any atom is 0.350 e. The molecular formula is C13H17N3O2. The first-order valence-electron chi connectivity index (χ1n) is 6.23. The van der Waals surface area contributed by atoms with E-state index in [1.54, 1.807) is 6.08 Å². The van der Waals surface area contributed by atoms with Crippen LogP contribution in [0.4, 0.5) is 0 Å². The molecule has 3 aliphatic rings. The number of piperazine rings is 1. The number of likely N-dealkylation sites (N-methyl/N-ethyl adjacent to an activating group) is 1. The molecule has 5 nitrogen and oxygen atoms in total. The SMILES string of the molecule is CC1=C2C(=O)[N+](C)([O-])C=CC2=C2NCCNC2C1. The van der Waals surface area contributed by atoms with Crippen molar-refractivity contribution >= 4 is 5.91 Å². The number of nitrogens with zero attached hydrogens (tertiary/aromatic N) is 1. The Labute approximate surface area is 106 Å². The Balaban J connectivity index is 2.17. The maximum absolute atomic E-state index is 12.2. The predicted molar refractivity (Wildman–Crippen MR) is 67.8 cm³/mol. The molecule has 0 saturated carbocycles. The number of rotatable bonds is 0. The quantitative estimate of drug-likeness (QED) is 0.484. The summed E-state index contributed by atoms with van der Waals surface area (Å²) in [6.07, 6.45) is 4.00. The van der Waals surface area contributed by atoms with E-state index >= 15 is 0 Å². The molecule has 2 N–H and O–H groups in total. The Morgan fingerprint density at radius 1 is 1.44 bits per heavy atom. The highest BCUT2D eigenvalue weighted by molar-refractivity contribution is 5.97. The standard InChI is InChI=1S/C13H17N3O2/c1-8-7-10-12(15-5-4-14-10)9-3-6-16(2,18)13(17)11(8)9/h3,6,10,14-15H,4-5,7H2,1-2H3. The van der Waals surface area contributed by atoms with Gasteiger partial charge in [-0.25, -0.2) is 4.79 Å². The van der Waals surface area contributed by atoms with E-state index in [1.165, 1.54) is 13.2 Å². The number of allylic oxidation sites excluding steroid dienone is 1. The second kappa shape index (κ2) is 3.78. The molecule has 1 aliphatic carbocycles. The van der Waals surface area contributed by atoms with E-state index < -0.39 is 4.65 Å². The zero-order valence-electron chi connectivity index (χ0n) is 10.6. The van der Waals surface area contributed by atoms with Crippen molar-refractivity contribution in [1.82, 2.24) is 10.6 Å². The lowest BCUT2D eigenvalue weighted by atomic mass is 9.83. The molecule has 0 bridgehead atoms. The molecule has 1 amide bonds. The normalized spacial score (nSPS) is 35.3. The molecule has 1 saturated heterocycles. The minimum Gasteiger partial charge on any atom is -0.620 e. The first kappa shape index (κ1) is 11.6. The van der Waals surface area contributed by atoms with E-state index in [2.05, 4.69) is 10.6 Å². The molecule has 2 atom stereocenters. The molecule has 0 aromatic rings. The van der Waals surface area contributed by atoms with Crippen LogP contribution < -0.4 is 10.6 Å². The maximum atomic E-state index is 12.2. The zero-order valence-corrected chi connectivity index (χ0v) is 10.6. The van der Waals surface area contributed by atoms with Crippen LogP contribution in [0, 0.1) is 5.21 Å². The third-order valence-electron chi connectivity index (χ3n) is 3.82. The van der Waals surface area contributed by atoms with Crippen LogP contribution in [0.2, 0.25) is 0 Å². The van der Waals surface area contributed by atoms with Crippen molar-refractivity contribution in [2.75, 3.05) is 20.1 Å². The van der Waals surface area contributed by atoms with Crippen molar-refractivity contribution in [2.45, 2.75) is 19.4 Å². The van der Waals surface area contributed by atoms with Gasteiger partial charge in [0.2, 0.25) is 0 Å². The second-order valence-corrected chi connectivity index (χ2v) is 5.23. The van der Waals surface area contributed by atoms with Crippen LogP contribution in [-0.4, -0.2) is 36.7 Å². The van der Waals surface area contributed by atoms with Gasteiger partial charge in [-0.15, -0.1) is 0 Å². The molecule has 2 unspecified atom stereocenters. The van der Waals surface area contributed by atoms with E-state index in [-0.39, 0.29) is 11.9 Å². The summed E-state index contributed by atoms with van der Waals surface area (Å²) in [7, 11) is 1.37. The van der Waals surface area contributed by atoms with Crippen molar-refractivity contribution in [3.63, 3.8) is 0 Å². The molecule has 0 aromatic heterocycles. The lowest BCUT2D eigenvalue weighted by Gasteiger charge is -2.40. The van der Waals surface area contributed by atoms with E-state index in [4.69, 9.17) is 0 Å². The topological polar surface area (TPSA) is 64.2 Å². The van der Waals surface area contributed by atoms with Crippen LogP contribution >= 0.6 is 0 Å². The summed E-state index contributed by atoms with van der Waals surface area (Å²) in [5.74, 6) is -0.358. The van der Waals surface area contributed by atoms with Crippen LogP contribution in [0.5, 0.6) is 0 Å². The Morgan fingerprint density at radius 3 is 3.00 bits per heavy atom. The monoisotopic (exact) mass is 247 g/mol. The van der Waals surface area contributed by atoms with Crippen molar-refractivity contribution in [3.05, 3.63) is 39.9 Å². The zero-order chi connectivity index (χ0) is 12.9. The van der Waals surface area contributed by atoms with Gasteiger partial charge in [0.1, 0.15) is 6.20 Å². The van der Waals surface area contributed by atoms with Gasteiger partial charge in [0.05, 0.1) is 18.7 Å². The first-order valence-corrected chi connectivity index (χ1v) is 6.23. The van der Waals surface area contributed by atoms with Gasteiger partial charge in [0, 0.05) is 30.4 Å². The van der Waals surface area contributed by atoms with Crippen LogP contribution in [0.15, 0.2) is 34.7 Å². The highest BCUT2D eigenvalue weighted by atomic mass is 16.6. The summed E-state index contributed by atoms with van der Waals surface area (Å²) in [6, 6.07) is 0.249. The first-order chi connectivity index (χ1) is 8.50. The number of amides is 1. The number of hydrogen-bond acceptors (Lipinski definition) is 4. The number of hydroxylamine groups is 3. The largest absolute Gasteiger partial charge is 0.620 e. The van der Waals surface area contributed by atoms with Gasteiger partial charge in [0.25, 0.3) is 0 Å². The third-order valence-corrected chi connectivity index (χ3v) is 3.82. The summed E-state index contributed by atoms with van der Waals surface area (Å²) in [4.78, 5) is 12.2. The van der Waals surface area contributed by atoms with Gasteiger partial charge >= 0.3 is 5.91 Å². The summed E-state index contributed by atoms with van der Waals surface area (Å²) in [5, 5.41) is 18.8. The number of carbonyl (C=O) groups is 1. The summed E-state index contributed by atoms with van der Waals surface area (Å²) in [5.41, 5.74) is 3.57. The third kappa shape index (κ3) is 1.55. The Hall–Kier alpha value is -1.43.